The summed E-state index contributed by atoms with van der Waals surface area (Å²) in [5.41, 5.74) is 0.980. The molecule has 1 aliphatic heterocycles. The Morgan fingerprint density at radius 2 is 2.22 bits per heavy atom. The van der Waals surface area contributed by atoms with Gasteiger partial charge in [-0.15, -0.1) is 0 Å². The van der Waals surface area contributed by atoms with Crippen LogP contribution in [0.5, 0.6) is 0 Å². The number of rotatable bonds is 3. The number of piperidine rings is 1. The van der Waals surface area contributed by atoms with Crippen LogP contribution in [0.2, 0.25) is 0 Å². The van der Waals surface area contributed by atoms with Gasteiger partial charge in [0.1, 0.15) is 5.82 Å². The maximum atomic E-state index is 13.3. The Hall–Kier alpha value is -0.450. The van der Waals surface area contributed by atoms with Crippen LogP contribution in [-0.4, -0.2) is 29.2 Å². The first-order valence-corrected chi connectivity index (χ1v) is 7.23. The molecule has 1 fully saturated rings. The van der Waals surface area contributed by atoms with Crippen LogP contribution in [0.4, 0.5) is 4.39 Å². The zero-order valence-electron chi connectivity index (χ0n) is 10.6. The first kappa shape index (κ1) is 14.0. The van der Waals surface area contributed by atoms with E-state index >= 15 is 0 Å². The monoisotopic (exact) mass is 315 g/mol. The van der Waals surface area contributed by atoms with E-state index in [-0.39, 0.29) is 11.9 Å². The Kier molecular flexibility index (Phi) is 4.76. The molecule has 100 valence electrons. The van der Waals surface area contributed by atoms with Crippen molar-refractivity contribution in [1.82, 2.24) is 4.90 Å². The van der Waals surface area contributed by atoms with E-state index in [1.165, 1.54) is 6.07 Å². The molecule has 0 bridgehead atoms. The van der Waals surface area contributed by atoms with Gasteiger partial charge in [-0.3, -0.25) is 4.90 Å². The highest BCUT2D eigenvalue weighted by molar-refractivity contribution is 9.10. The largest absolute Gasteiger partial charge is 0.393 e. The standard InChI is InChI=1S/C14H19BrFNO/c1-2-11-9-17(4-3-14(11)18)8-10-5-12(15)7-13(16)6-10/h5-7,11,14,18H,2-4,8-9H2,1H3. The highest BCUT2D eigenvalue weighted by Gasteiger charge is 2.26. The van der Waals surface area contributed by atoms with Crippen molar-refractivity contribution in [1.29, 1.82) is 0 Å². The van der Waals surface area contributed by atoms with Gasteiger partial charge in [0, 0.05) is 24.1 Å². The van der Waals surface area contributed by atoms with E-state index in [2.05, 4.69) is 27.8 Å². The Labute approximate surface area is 116 Å². The van der Waals surface area contributed by atoms with Gasteiger partial charge in [0.05, 0.1) is 6.10 Å². The molecule has 2 unspecified atom stereocenters. The minimum atomic E-state index is -0.205. The van der Waals surface area contributed by atoms with E-state index in [0.717, 1.165) is 42.5 Å². The fourth-order valence-electron chi connectivity index (χ4n) is 2.60. The fourth-order valence-corrected chi connectivity index (χ4v) is 3.11. The third-order valence-corrected chi connectivity index (χ3v) is 4.09. The minimum Gasteiger partial charge on any atom is -0.393 e. The number of nitrogens with zero attached hydrogens (tertiary/aromatic N) is 1. The fraction of sp³-hybridized carbons (Fsp3) is 0.571. The summed E-state index contributed by atoms with van der Waals surface area (Å²) in [7, 11) is 0. The second-order valence-electron chi connectivity index (χ2n) is 5.04. The molecule has 1 aromatic rings. The number of hydrogen-bond acceptors (Lipinski definition) is 2. The molecule has 2 rings (SSSR count). The predicted molar refractivity (Wildman–Crippen MR) is 73.8 cm³/mol. The molecule has 0 aromatic heterocycles. The molecule has 0 aliphatic carbocycles. The molecule has 2 atom stereocenters. The molecule has 18 heavy (non-hydrogen) atoms. The van der Waals surface area contributed by atoms with E-state index in [4.69, 9.17) is 0 Å². The first-order valence-electron chi connectivity index (χ1n) is 6.44. The van der Waals surface area contributed by atoms with Crippen LogP contribution in [0.3, 0.4) is 0 Å². The average molecular weight is 316 g/mol. The van der Waals surface area contributed by atoms with Crippen molar-refractivity contribution in [2.24, 2.45) is 5.92 Å². The van der Waals surface area contributed by atoms with Crippen molar-refractivity contribution in [3.05, 3.63) is 34.1 Å². The maximum Gasteiger partial charge on any atom is 0.124 e. The van der Waals surface area contributed by atoms with E-state index < -0.39 is 0 Å². The summed E-state index contributed by atoms with van der Waals surface area (Å²) in [6.45, 7) is 4.63. The summed E-state index contributed by atoms with van der Waals surface area (Å²) in [5, 5.41) is 9.85. The lowest BCUT2D eigenvalue weighted by Crippen LogP contribution is -2.42. The van der Waals surface area contributed by atoms with E-state index in [1.54, 1.807) is 6.07 Å². The number of aliphatic hydroxyl groups excluding tert-OH is 1. The van der Waals surface area contributed by atoms with Gasteiger partial charge in [-0.1, -0.05) is 22.9 Å². The second kappa shape index (κ2) is 6.13. The molecule has 0 amide bonds. The Bertz CT molecular complexity index is 393. The van der Waals surface area contributed by atoms with Crippen molar-refractivity contribution in [3.8, 4) is 0 Å². The Morgan fingerprint density at radius 3 is 2.89 bits per heavy atom. The van der Waals surface area contributed by atoms with Crippen molar-refractivity contribution < 1.29 is 9.50 Å². The lowest BCUT2D eigenvalue weighted by Gasteiger charge is -2.35. The Morgan fingerprint density at radius 1 is 1.44 bits per heavy atom. The van der Waals surface area contributed by atoms with Crippen LogP contribution < -0.4 is 0 Å². The lowest BCUT2D eigenvalue weighted by atomic mass is 9.92. The molecule has 2 nitrogen and oxygen atoms in total. The van der Waals surface area contributed by atoms with E-state index in [1.807, 2.05) is 6.07 Å². The molecule has 1 N–H and O–H groups in total. The van der Waals surface area contributed by atoms with Gasteiger partial charge in [-0.25, -0.2) is 4.39 Å². The molecule has 0 spiro atoms. The molecular formula is C14H19BrFNO. The van der Waals surface area contributed by atoms with Crippen LogP contribution in [0.15, 0.2) is 22.7 Å². The van der Waals surface area contributed by atoms with E-state index in [9.17, 15) is 9.50 Å². The van der Waals surface area contributed by atoms with Crippen molar-refractivity contribution in [2.45, 2.75) is 32.4 Å². The number of benzene rings is 1. The van der Waals surface area contributed by atoms with Gasteiger partial charge in [0.25, 0.3) is 0 Å². The first-order chi connectivity index (χ1) is 8.58. The smallest absolute Gasteiger partial charge is 0.124 e. The SMILES string of the molecule is CCC1CN(Cc2cc(F)cc(Br)c2)CCC1O. The topological polar surface area (TPSA) is 23.5 Å². The van der Waals surface area contributed by atoms with Gasteiger partial charge in [0.15, 0.2) is 0 Å². The van der Waals surface area contributed by atoms with Crippen molar-refractivity contribution in [2.75, 3.05) is 13.1 Å². The highest BCUT2D eigenvalue weighted by Crippen LogP contribution is 2.23. The van der Waals surface area contributed by atoms with Gasteiger partial charge in [-0.2, -0.15) is 0 Å². The van der Waals surface area contributed by atoms with E-state index in [0.29, 0.717) is 5.92 Å². The predicted octanol–water partition coefficient (Wildman–Crippen LogP) is 3.18. The zero-order valence-corrected chi connectivity index (χ0v) is 12.2. The Balaban J connectivity index is 2.01. The number of aliphatic hydroxyl groups is 1. The highest BCUT2D eigenvalue weighted by atomic mass is 79.9. The molecule has 4 heteroatoms. The molecule has 1 aromatic carbocycles. The molecule has 1 heterocycles. The van der Waals surface area contributed by atoms with Crippen LogP contribution in [0.25, 0.3) is 0 Å². The zero-order chi connectivity index (χ0) is 13.1. The third-order valence-electron chi connectivity index (χ3n) is 3.63. The summed E-state index contributed by atoms with van der Waals surface area (Å²) in [6.07, 6.45) is 1.63. The summed E-state index contributed by atoms with van der Waals surface area (Å²) in [5.74, 6) is 0.138. The molecule has 1 saturated heterocycles. The average Bonchev–Trinajstić information content (AvgIpc) is 2.30. The summed E-state index contributed by atoms with van der Waals surface area (Å²) < 4.78 is 14.1. The minimum absolute atomic E-state index is 0.175. The third kappa shape index (κ3) is 3.53. The summed E-state index contributed by atoms with van der Waals surface area (Å²) in [6, 6.07) is 5.00. The molecule has 0 radical (unpaired) electrons. The van der Waals surface area contributed by atoms with Gasteiger partial charge < -0.3 is 5.11 Å². The van der Waals surface area contributed by atoms with Crippen LogP contribution in [0, 0.1) is 11.7 Å². The number of halogens is 2. The molecule has 1 aliphatic rings. The quantitative estimate of drug-likeness (QED) is 0.926. The summed E-state index contributed by atoms with van der Waals surface area (Å²) in [4.78, 5) is 2.29. The van der Waals surface area contributed by atoms with Crippen LogP contribution >= 0.6 is 15.9 Å². The lowest BCUT2D eigenvalue weighted by molar-refractivity contribution is 0.0221. The van der Waals surface area contributed by atoms with Crippen LogP contribution in [-0.2, 0) is 6.54 Å². The van der Waals surface area contributed by atoms with Crippen LogP contribution in [0.1, 0.15) is 25.3 Å². The molecule has 0 saturated carbocycles. The van der Waals surface area contributed by atoms with Crippen molar-refractivity contribution in [3.63, 3.8) is 0 Å². The normalized spacial score (nSPS) is 25.3. The van der Waals surface area contributed by atoms with Crippen molar-refractivity contribution >= 4 is 15.9 Å². The second-order valence-corrected chi connectivity index (χ2v) is 5.95. The number of hydrogen-bond donors (Lipinski definition) is 1. The maximum absolute atomic E-state index is 13.3. The van der Waals surface area contributed by atoms with Gasteiger partial charge in [0.2, 0.25) is 0 Å². The number of likely N-dealkylation sites (tertiary alicyclic amines) is 1. The summed E-state index contributed by atoms with van der Waals surface area (Å²) >= 11 is 3.31. The van der Waals surface area contributed by atoms with Gasteiger partial charge in [-0.05, 0) is 42.5 Å². The molecular weight excluding hydrogens is 297 g/mol. The van der Waals surface area contributed by atoms with Gasteiger partial charge >= 0.3 is 0 Å².